The minimum atomic E-state index is -4.17. The molecule has 45 heavy (non-hydrogen) atoms. The molecule has 2 aromatic heterocycles. The van der Waals surface area contributed by atoms with Gasteiger partial charge in [-0.05, 0) is 69.0 Å². The van der Waals surface area contributed by atoms with Crippen molar-refractivity contribution in [1.29, 1.82) is 0 Å². The summed E-state index contributed by atoms with van der Waals surface area (Å²) in [7, 11) is -4.17. The van der Waals surface area contributed by atoms with E-state index in [-0.39, 0.29) is 11.4 Å². The zero-order valence-corrected chi connectivity index (χ0v) is 26.2. The van der Waals surface area contributed by atoms with Crippen LogP contribution in [-0.4, -0.2) is 59.8 Å². The number of sulfonamides is 1. The molecule has 1 atom stereocenters. The van der Waals surface area contributed by atoms with Gasteiger partial charge in [0.2, 0.25) is 10.0 Å². The summed E-state index contributed by atoms with van der Waals surface area (Å²) in [6, 6.07) is 21.5. The maximum Gasteiger partial charge on any atom is 0.326 e. The van der Waals surface area contributed by atoms with E-state index in [0.717, 1.165) is 35.1 Å². The van der Waals surface area contributed by atoms with Crippen LogP contribution in [0.5, 0.6) is 0 Å². The van der Waals surface area contributed by atoms with Crippen molar-refractivity contribution in [1.82, 2.24) is 24.8 Å². The molecule has 5 rings (SSSR count). The highest BCUT2D eigenvalue weighted by Crippen LogP contribution is 2.23. The average Bonchev–Trinajstić information content (AvgIpc) is 3.42. The molecule has 0 saturated carbocycles. The number of fused-ring (bicyclic) bond motifs is 2. The number of pyridine rings is 1. The standard InChI is InChI=1S/C33H36N6O5S/c1-33(2,3)44-32(41)27(38-45(42,43)29-13-8-11-23-10-4-5-12-26(23)29)22-36-31(40)24-15-16-28-25(20-24)21-37-39(28)19-9-18-35-30-14-6-7-17-34-30/h4-8,10-17,20-21,27,38H,9,18-19,22H2,1-3H3,(H,34,35)(H,36,40)/t27-/m0/s1. The first kappa shape index (κ1) is 31.6. The highest BCUT2D eigenvalue weighted by molar-refractivity contribution is 7.89. The van der Waals surface area contributed by atoms with E-state index in [4.69, 9.17) is 4.74 Å². The quantitative estimate of drug-likeness (QED) is 0.135. The third kappa shape index (κ3) is 8.02. The molecule has 234 valence electrons. The van der Waals surface area contributed by atoms with Crippen LogP contribution >= 0.6 is 0 Å². The number of esters is 1. The Morgan fingerprint density at radius 3 is 2.51 bits per heavy atom. The number of amides is 1. The van der Waals surface area contributed by atoms with Crippen LogP contribution in [0.15, 0.2) is 96.2 Å². The fourth-order valence-electron chi connectivity index (χ4n) is 4.84. The number of nitrogens with one attached hydrogen (secondary N) is 3. The van der Waals surface area contributed by atoms with Crippen LogP contribution < -0.4 is 15.4 Å². The van der Waals surface area contributed by atoms with Gasteiger partial charge < -0.3 is 15.4 Å². The van der Waals surface area contributed by atoms with E-state index in [0.29, 0.717) is 17.5 Å². The molecule has 2 heterocycles. The topological polar surface area (TPSA) is 144 Å². The second-order valence-electron chi connectivity index (χ2n) is 11.5. The number of aryl methyl sites for hydroxylation is 1. The maximum absolute atomic E-state index is 13.5. The van der Waals surface area contributed by atoms with Crippen molar-refractivity contribution in [2.45, 2.75) is 50.3 Å². The number of hydrogen-bond donors (Lipinski definition) is 3. The van der Waals surface area contributed by atoms with Gasteiger partial charge in [0.15, 0.2) is 0 Å². The fourth-order valence-corrected chi connectivity index (χ4v) is 6.26. The van der Waals surface area contributed by atoms with Gasteiger partial charge >= 0.3 is 5.97 Å². The first-order valence-corrected chi connectivity index (χ1v) is 16.1. The van der Waals surface area contributed by atoms with Crippen molar-refractivity contribution < 1.29 is 22.7 Å². The second-order valence-corrected chi connectivity index (χ2v) is 13.2. The van der Waals surface area contributed by atoms with Gasteiger partial charge in [-0.1, -0.05) is 42.5 Å². The SMILES string of the molecule is CC(C)(C)OC(=O)[C@H](CNC(=O)c1ccc2c(cnn2CCCNc2ccccn2)c1)NS(=O)(=O)c1cccc2ccccc12. The Labute approximate surface area is 262 Å². The van der Waals surface area contributed by atoms with E-state index in [9.17, 15) is 18.0 Å². The maximum atomic E-state index is 13.5. The van der Waals surface area contributed by atoms with E-state index in [1.807, 2.05) is 35.0 Å². The van der Waals surface area contributed by atoms with Gasteiger partial charge in [0.25, 0.3) is 5.91 Å². The predicted octanol–water partition coefficient (Wildman–Crippen LogP) is 4.51. The van der Waals surface area contributed by atoms with Crippen molar-refractivity contribution in [2.24, 2.45) is 0 Å². The van der Waals surface area contributed by atoms with E-state index < -0.39 is 33.5 Å². The molecule has 0 aliphatic heterocycles. The van der Waals surface area contributed by atoms with Crippen LogP contribution in [0.1, 0.15) is 37.6 Å². The number of carbonyl (C=O) groups excluding carboxylic acids is 2. The Bertz CT molecular complexity index is 1910. The molecule has 0 aliphatic carbocycles. The zero-order valence-electron chi connectivity index (χ0n) is 25.4. The first-order valence-electron chi connectivity index (χ1n) is 14.6. The van der Waals surface area contributed by atoms with Crippen LogP contribution in [0, 0.1) is 0 Å². The number of ether oxygens (including phenoxy) is 1. The molecule has 0 bridgehead atoms. The van der Waals surface area contributed by atoms with Gasteiger partial charge in [-0.2, -0.15) is 9.82 Å². The number of nitrogens with zero attached hydrogens (tertiary/aromatic N) is 3. The molecular formula is C33H36N6O5S. The monoisotopic (exact) mass is 628 g/mol. The lowest BCUT2D eigenvalue weighted by molar-refractivity contribution is -0.156. The Hall–Kier alpha value is -4.81. The number of rotatable bonds is 12. The van der Waals surface area contributed by atoms with Gasteiger partial charge in [-0.3, -0.25) is 14.3 Å². The van der Waals surface area contributed by atoms with Gasteiger partial charge in [0.1, 0.15) is 17.5 Å². The summed E-state index contributed by atoms with van der Waals surface area (Å²) in [4.78, 5) is 30.6. The molecule has 12 heteroatoms. The predicted molar refractivity (Wildman–Crippen MR) is 173 cm³/mol. The summed E-state index contributed by atoms with van der Waals surface area (Å²) in [6.07, 6.45) is 4.25. The van der Waals surface area contributed by atoms with Crippen LogP contribution in [0.25, 0.3) is 21.7 Å². The van der Waals surface area contributed by atoms with Crippen molar-refractivity contribution in [2.75, 3.05) is 18.4 Å². The van der Waals surface area contributed by atoms with Crippen LogP contribution in [0.2, 0.25) is 0 Å². The number of carbonyl (C=O) groups is 2. The van der Waals surface area contributed by atoms with Crippen LogP contribution in [0.3, 0.4) is 0 Å². The van der Waals surface area contributed by atoms with Crippen molar-refractivity contribution in [3.63, 3.8) is 0 Å². The third-order valence-corrected chi connectivity index (χ3v) is 8.45. The van der Waals surface area contributed by atoms with Gasteiger partial charge in [-0.15, -0.1) is 0 Å². The first-order chi connectivity index (χ1) is 21.5. The lowest BCUT2D eigenvalue weighted by Gasteiger charge is -2.25. The summed E-state index contributed by atoms with van der Waals surface area (Å²) in [5.41, 5.74) is 0.349. The highest BCUT2D eigenvalue weighted by atomic mass is 32.2. The molecule has 0 aliphatic rings. The summed E-state index contributed by atoms with van der Waals surface area (Å²) in [5.74, 6) is -0.461. The van der Waals surface area contributed by atoms with E-state index in [1.165, 1.54) is 6.07 Å². The number of aromatic nitrogens is 3. The molecule has 0 unspecified atom stereocenters. The normalized spacial score (nSPS) is 12.6. The Kier molecular flexibility index (Phi) is 9.45. The Morgan fingerprint density at radius 2 is 1.73 bits per heavy atom. The van der Waals surface area contributed by atoms with Crippen molar-refractivity contribution >= 4 is 49.4 Å². The second kappa shape index (κ2) is 13.4. The van der Waals surface area contributed by atoms with Crippen molar-refractivity contribution in [3.8, 4) is 0 Å². The van der Waals surface area contributed by atoms with E-state index in [1.54, 1.807) is 75.6 Å². The minimum absolute atomic E-state index is 0.0236. The molecule has 3 N–H and O–H groups in total. The van der Waals surface area contributed by atoms with E-state index in [2.05, 4.69) is 25.4 Å². The molecule has 3 aromatic carbocycles. The zero-order chi connectivity index (χ0) is 32.0. The number of anilines is 1. The number of hydrogen-bond acceptors (Lipinski definition) is 8. The molecule has 0 fully saturated rings. The van der Waals surface area contributed by atoms with Crippen LogP contribution in [0.4, 0.5) is 5.82 Å². The summed E-state index contributed by atoms with van der Waals surface area (Å²) in [6.45, 7) is 6.13. The lowest BCUT2D eigenvalue weighted by Crippen LogP contribution is -2.50. The summed E-state index contributed by atoms with van der Waals surface area (Å²) < 4.78 is 36.8. The highest BCUT2D eigenvalue weighted by Gasteiger charge is 2.31. The Balaban J connectivity index is 1.26. The smallest absolute Gasteiger partial charge is 0.326 e. The van der Waals surface area contributed by atoms with Gasteiger partial charge in [0.05, 0.1) is 16.6 Å². The van der Waals surface area contributed by atoms with Gasteiger partial charge in [0, 0.05) is 42.2 Å². The van der Waals surface area contributed by atoms with E-state index >= 15 is 0 Å². The molecule has 5 aromatic rings. The molecule has 1 amide bonds. The largest absolute Gasteiger partial charge is 0.459 e. The van der Waals surface area contributed by atoms with Crippen LogP contribution in [-0.2, 0) is 26.1 Å². The van der Waals surface area contributed by atoms with Crippen molar-refractivity contribution in [3.05, 3.63) is 96.8 Å². The summed E-state index contributed by atoms with van der Waals surface area (Å²) in [5, 5.41) is 12.5. The molecule has 0 radical (unpaired) electrons. The molecule has 0 saturated heterocycles. The molecular weight excluding hydrogens is 592 g/mol. The summed E-state index contributed by atoms with van der Waals surface area (Å²) >= 11 is 0. The van der Waals surface area contributed by atoms with Gasteiger partial charge in [-0.25, -0.2) is 13.4 Å². The third-order valence-electron chi connectivity index (χ3n) is 6.92. The minimum Gasteiger partial charge on any atom is -0.459 e. The molecule has 0 spiro atoms. The number of benzene rings is 3. The lowest BCUT2D eigenvalue weighted by atomic mass is 10.1. The Morgan fingerprint density at radius 1 is 0.956 bits per heavy atom. The molecule has 11 nitrogen and oxygen atoms in total. The fraction of sp³-hybridized carbons (Fsp3) is 0.273. The average molecular weight is 629 g/mol.